The van der Waals surface area contributed by atoms with Gasteiger partial charge in [-0.1, -0.05) is 24.3 Å². The van der Waals surface area contributed by atoms with E-state index in [2.05, 4.69) is 107 Å². The quantitative estimate of drug-likeness (QED) is 0.499. The Bertz CT molecular complexity index is 1030. The monoisotopic (exact) mass is 399 g/mol. The molecule has 0 amide bonds. The van der Waals surface area contributed by atoms with Crippen LogP contribution in [0.5, 0.6) is 0 Å². The minimum atomic E-state index is 0.475. The van der Waals surface area contributed by atoms with E-state index in [-0.39, 0.29) is 0 Å². The van der Waals surface area contributed by atoms with Gasteiger partial charge in [0.25, 0.3) is 11.7 Å². The lowest BCUT2D eigenvalue weighted by Gasteiger charge is -2.09. The number of nitrogens with zero attached hydrogens (tertiary/aromatic N) is 1. The van der Waals surface area contributed by atoms with Crippen molar-refractivity contribution in [1.82, 2.24) is 15.2 Å². The van der Waals surface area contributed by atoms with Gasteiger partial charge in [-0.05, 0) is 61.4 Å². The lowest BCUT2D eigenvalue weighted by atomic mass is 10.1. The van der Waals surface area contributed by atoms with Gasteiger partial charge in [-0.3, -0.25) is 20.6 Å². The molecule has 152 valence electrons. The number of aromatic nitrogens is 1. The van der Waals surface area contributed by atoms with Crippen LogP contribution >= 0.6 is 0 Å². The van der Waals surface area contributed by atoms with Gasteiger partial charge in [0, 0.05) is 18.4 Å². The third kappa shape index (κ3) is 3.41. The maximum absolute atomic E-state index is 3.48. The first kappa shape index (κ1) is 18.7. The van der Waals surface area contributed by atoms with Crippen molar-refractivity contribution in [3.05, 3.63) is 71.8 Å². The lowest BCUT2D eigenvalue weighted by molar-refractivity contribution is -0.448. The molecule has 2 aliphatic rings. The van der Waals surface area contributed by atoms with E-state index < -0.39 is 0 Å². The van der Waals surface area contributed by atoms with Crippen LogP contribution in [0.1, 0.15) is 25.0 Å². The molecule has 5 rings (SSSR count). The van der Waals surface area contributed by atoms with Gasteiger partial charge in [0.15, 0.2) is 0 Å². The fourth-order valence-corrected chi connectivity index (χ4v) is 4.28. The molecule has 2 aliphatic heterocycles. The van der Waals surface area contributed by atoms with Crippen LogP contribution in [0.3, 0.4) is 0 Å². The van der Waals surface area contributed by atoms with E-state index in [9.17, 15) is 0 Å². The summed E-state index contributed by atoms with van der Waals surface area (Å²) in [6.45, 7) is 6.32. The van der Waals surface area contributed by atoms with Crippen molar-refractivity contribution in [1.29, 1.82) is 0 Å². The van der Waals surface area contributed by atoms with E-state index in [1.54, 1.807) is 0 Å². The highest BCUT2D eigenvalue weighted by Crippen LogP contribution is 2.28. The summed E-state index contributed by atoms with van der Waals surface area (Å²) in [6, 6.07) is 22.9. The molecule has 0 radical (unpaired) electrons. The maximum Gasteiger partial charge on any atom is 0.275 e. The van der Waals surface area contributed by atoms with E-state index >= 15 is 0 Å². The summed E-state index contributed by atoms with van der Waals surface area (Å²) in [5.41, 5.74) is 7.28. The molecule has 5 heteroatoms. The van der Waals surface area contributed by atoms with Gasteiger partial charge in [0.1, 0.15) is 25.2 Å². The van der Waals surface area contributed by atoms with Crippen molar-refractivity contribution in [2.45, 2.75) is 25.9 Å². The van der Waals surface area contributed by atoms with E-state index in [1.165, 1.54) is 33.6 Å². The number of amidine groups is 2. The average molecular weight is 400 g/mol. The molecule has 2 atom stereocenters. The third-order valence-electron chi connectivity index (χ3n) is 6.01. The Labute approximate surface area is 177 Å². The SMILES string of the molecule is CC1C[NH+]=C(c2ccc(-c3ccc(-c4ccc(C5=[NH+]CC(C)N5)cc4)n3C)cc2)N1. The summed E-state index contributed by atoms with van der Waals surface area (Å²) in [5.74, 6) is 2.25. The second-order valence-corrected chi connectivity index (χ2v) is 8.42. The van der Waals surface area contributed by atoms with Crippen LogP contribution < -0.4 is 20.6 Å². The van der Waals surface area contributed by atoms with Gasteiger partial charge in [0.2, 0.25) is 0 Å². The van der Waals surface area contributed by atoms with Crippen LogP contribution in [0, 0.1) is 0 Å². The van der Waals surface area contributed by atoms with Gasteiger partial charge < -0.3 is 4.57 Å². The molecule has 0 bridgehead atoms. The molecule has 1 aromatic heterocycles. The minimum Gasteiger partial charge on any atom is -0.344 e. The zero-order valence-electron chi connectivity index (χ0n) is 17.8. The van der Waals surface area contributed by atoms with Crippen LogP contribution in [-0.2, 0) is 7.05 Å². The number of rotatable bonds is 4. The van der Waals surface area contributed by atoms with Gasteiger partial charge in [-0.2, -0.15) is 0 Å². The molecule has 0 saturated carbocycles. The van der Waals surface area contributed by atoms with Crippen LogP contribution in [0.4, 0.5) is 0 Å². The molecule has 0 aliphatic carbocycles. The Balaban J connectivity index is 1.38. The maximum atomic E-state index is 3.48. The van der Waals surface area contributed by atoms with Gasteiger partial charge in [-0.15, -0.1) is 0 Å². The Hall–Kier alpha value is -3.34. The minimum absolute atomic E-state index is 0.475. The summed E-state index contributed by atoms with van der Waals surface area (Å²) < 4.78 is 2.27. The highest BCUT2D eigenvalue weighted by atomic mass is 15.1. The Morgan fingerprint density at radius 1 is 0.633 bits per heavy atom. The van der Waals surface area contributed by atoms with E-state index in [4.69, 9.17) is 0 Å². The lowest BCUT2D eigenvalue weighted by Crippen LogP contribution is -2.71. The fraction of sp³-hybridized carbons (Fsp3) is 0.280. The summed E-state index contributed by atoms with van der Waals surface area (Å²) >= 11 is 0. The van der Waals surface area contributed by atoms with Crippen molar-refractivity contribution in [2.24, 2.45) is 7.05 Å². The number of hydrogen-bond donors (Lipinski definition) is 4. The second-order valence-electron chi connectivity index (χ2n) is 8.42. The van der Waals surface area contributed by atoms with Crippen molar-refractivity contribution in [3.8, 4) is 22.5 Å². The number of benzene rings is 2. The highest BCUT2D eigenvalue weighted by Gasteiger charge is 2.22. The van der Waals surface area contributed by atoms with Crippen LogP contribution in [0.15, 0.2) is 60.7 Å². The first-order chi connectivity index (χ1) is 14.6. The standard InChI is InChI=1S/C25H27N5/c1-16-14-26-24(28-16)20-8-4-18(5-9-20)22-12-13-23(30(22)3)19-6-10-21(11-7-19)25-27-15-17(2)29-25/h4-13,16-17H,14-15H2,1-3H3,(H,26,28)(H,27,29)/p+2. The molecule has 2 aromatic carbocycles. The van der Waals surface area contributed by atoms with Crippen molar-refractivity contribution < 1.29 is 9.98 Å². The average Bonchev–Trinajstić information content (AvgIpc) is 3.49. The van der Waals surface area contributed by atoms with E-state index in [0.717, 1.165) is 24.8 Å². The Morgan fingerprint density at radius 3 is 1.33 bits per heavy atom. The van der Waals surface area contributed by atoms with Crippen LogP contribution in [-0.4, -0.2) is 41.4 Å². The molecule has 5 nitrogen and oxygen atoms in total. The molecule has 3 heterocycles. The Morgan fingerprint density at radius 2 is 1.00 bits per heavy atom. The molecule has 0 saturated heterocycles. The molecular weight excluding hydrogens is 370 g/mol. The topological polar surface area (TPSA) is 56.9 Å². The van der Waals surface area contributed by atoms with Gasteiger partial charge in [-0.25, -0.2) is 0 Å². The molecule has 0 fully saturated rings. The highest BCUT2D eigenvalue weighted by molar-refractivity contribution is 5.96. The summed E-state index contributed by atoms with van der Waals surface area (Å²) in [6.07, 6.45) is 0. The second kappa shape index (κ2) is 7.48. The Kier molecular flexibility index (Phi) is 4.66. The molecule has 2 unspecified atom stereocenters. The molecule has 3 aromatic rings. The van der Waals surface area contributed by atoms with Crippen LogP contribution in [0.25, 0.3) is 22.5 Å². The molecule has 30 heavy (non-hydrogen) atoms. The normalized spacial score (nSPS) is 20.5. The van der Waals surface area contributed by atoms with Crippen molar-refractivity contribution in [3.63, 3.8) is 0 Å². The third-order valence-corrected chi connectivity index (χ3v) is 6.01. The molecule has 0 spiro atoms. The zero-order valence-corrected chi connectivity index (χ0v) is 17.8. The largest absolute Gasteiger partial charge is 0.344 e. The zero-order chi connectivity index (χ0) is 20.7. The first-order valence-corrected chi connectivity index (χ1v) is 10.7. The predicted molar refractivity (Wildman–Crippen MR) is 121 cm³/mol. The van der Waals surface area contributed by atoms with Crippen molar-refractivity contribution in [2.75, 3.05) is 13.1 Å². The van der Waals surface area contributed by atoms with Crippen molar-refractivity contribution >= 4 is 11.7 Å². The number of hydrogen-bond acceptors (Lipinski definition) is 2. The number of nitrogens with one attached hydrogen (secondary N) is 4. The van der Waals surface area contributed by atoms with E-state index in [1.807, 2.05) is 0 Å². The first-order valence-electron chi connectivity index (χ1n) is 10.7. The van der Waals surface area contributed by atoms with Gasteiger partial charge in [0.05, 0.1) is 11.1 Å². The fourth-order valence-electron chi connectivity index (χ4n) is 4.28. The summed E-state index contributed by atoms with van der Waals surface area (Å²) in [4.78, 5) is 6.87. The smallest absolute Gasteiger partial charge is 0.275 e. The molecular formula is C25H29N5+2. The summed E-state index contributed by atoms with van der Waals surface area (Å²) in [5, 5.41) is 6.97. The van der Waals surface area contributed by atoms with E-state index in [0.29, 0.717) is 12.1 Å². The molecule has 4 N–H and O–H groups in total. The van der Waals surface area contributed by atoms with Gasteiger partial charge >= 0.3 is 0 Å². The predicted octanol–water partition coefficient (Wildman–Crippen LogP) is -0.00310. The summed E-state index contributed by atoms with van der Waals surface area (Å²) in [7, 11) is 2.14. The van der Waals surface area contributed by atoms with Crippen LogP contribution in [0.2, 0.25) is 0 Å².